The molecule has 2 nitrogen and oxygen atoms in total. The van der Waals surface area contributed by atoms with Crippen molar-refractivity contribution in [2.45, 2.75) is 46.1 Å². The molecule has 2 N–H and O–H groups in total. The minimum atomic E-state index is 0.148. The standard InChI is InChI=1S/C17H28N2/c1-4-15-6-5-9-19(11-15)12-17(18)16-8-7-13(2)14(3)10-16/h7-8,10,15,17H,4-6,9,11-12,18H2,1-3H3. The number of benzene rings is 1. The second-order valence-corrected chi connectivity index (χ2v) is 6.13. The van der Waals surface area contributed by atoms with Crippen molar-refractivity contribution < 1.29 is 0 Å². The monoisotopic (exact) mass is 260 g/mol. The second kappa shape index (κ2) is 6.53. The van der Waals surface area contributed by atoms with E-state index in [4.69, 9.17) is 5.73 Å². The van der Waals surface area contributed by atoms with Crippen LogP contribution in [0.5, 0.6) is 0 Å². The van der Waals surface area contributed by atoms with Crippen LogP contribution in [0.15, 0.2) is 18.2 Å². The van der Waals surface area contributed by atoms with Gasteiger partial charge in [0.2, 0.25) is 0 Å². The maximum absolute atomic E-state index is 6.39. The summed E-state index contributed by atoms with van der Waals surface area (Å²) in [7, 11) is 0. The van der Waals surface area contributed by atoms with Gasteiger partial charge in [-0.05, 0) is 55.8 Å². The Morgan fingerprint density at radius 3 is 2.79 bits per heavy atom. The first-order chi connectivity index (χ1) is 9.10. The van der Waals surface area contributed by atoms with Crippen molar-refractivity contribution in [1.82, 2.24) is 4.90 Å². The highest BCUT2D eigenvalue weighted by atomic mass is 15.1. The van der Waals surface area contributed by atoms with Crippen LogP contribution in [-0.4, -0.2) is 24.5 Å². The lowest BCUT2D eigenvalue weighted by molar-refractivity contribution is 0.163. The fraction of sp³-hybridized carbons (Fsp3) is 0.647. The van der Waals surface area contributed by atoms with Crippen LogP contribution in [0.3, 0.4) is 0 Å². The molecular weight excluding hydrogens is 232 g/mol. The van der Waals surface area contributed by atoms with Gasteiger partial charge in [0.15, 0.2) is 0 Å². The molecule has 0 bridgehead atoms. The van der Waals surface area contributed by atoms with Crippen molar-refractivity contribution in [1.29, 1.82) is 0 Å². The molecule has 0 saturated carbocycles. The van der Waals surface area contributed by atoms with Crippen LogP contribution in [0.2, 0.25) is 0 Å². The molecule has 0 spiro atoms. The van der Waals surface area contributed by atoms with Crippen LogP contribution in [-0.2, 0) is 0 Å². The van der Waals surface area contributed by atoms with E-state index in [1.165, 1.54) is 49.0 Å². The molecule has 0 radical (unpaired) electrons. The third-order valence-electron chi connectivity index (χ3n) is 4.59. The molecule has 2 heteroatoms. The molecule has 0 aromatic heterocycles. The van der Waals surface area contributed by atoms with Crippen LogP contribution in [0.25, 0.3) is 0 Å². The summed E-state index contributed by atoms with van der Waals surface area (Å²) in [5.41, 5.74) is 10.4. The molecule has 2 unspecified atom stereocenters. The zero-order valence-corrected chi connectivity index (χ0v) is 12.7. The third kappa shape index (κ3) is 3.80. The minimum absolute atomic E-state index is 0.148. The summed E-state index contributed by atoms with van der Waals surface area (Å²) in [6.07, 6.45) is 4.03. The highest BCUT2D eigenvalue weighted by molar-refractivity contribution is 5.31. The zero-order valence-electron chi connectivity index (χ0n) is 12.7. The van der Waals surface area contributed by atoms with Gasteiger partial charge < -0.3 is 10.6 Å². The molecule has 106 valence electrons. The number of rotatable bonds is 4. The predicted octanol–water partition coefficient (Wildman–Crippen LogP) is 3.43. The number of piperidine rings is 1. The van der Waals surface area contributed by atoms with Gasteiger partial charge in [0.1, 0.15) is 0 Å². The zero-order chi connectivity index (χ0) is 13.8. The van der Waals surface area contributed by atoms with E-state index < -0.39 is 0 Å². The molecule has 1 aromatic carbocycles. The van der Waals surface area contributed by atoms with E-state index in [1.807, 2.05) is 0 Å². The first-order valence-corrected chi connectivity index (χ1v) is 7.65. The molecule has 1 saturated heterocycles. The van der Waals surface area contributed by atoms with Crippen LogP contribution in [0.1, 0.15) is 48.9 Å². The van der Waals surface area contributed by atoms with Crippen LogP contribution in [0, 0.1) is 19.8 Å². The maximum Gasteiger partial charge on any atom is 0.0424 e. The molecule has 1 aromatic rings. The summed E-state index contributed by atoms with van der Waals surface area (Å²) in [6, 6.07) is 6.78. The number of hydrogen-bond donors (Lipinski definition) is 1. The smallest absolute Gasteiger partial charge is 0.0424 e. The van der Waals surface area contributed by atoms with E-state index >= 15 is 0 Å². The Balaban J connectivity index is 1.96. The quantitative estimate of drug-likeness (QED) is 0.898. The van der Waals surface area contributed by atoms with E-state index in [1.54, 1.807) is 0 Å². The van der Waals surface area contributed by atoms with E-state index in [9.17, 15) is 0 Å². The molecular formula is C17H28N2. The fourth-order valence-electron chi connectivity index (χ4n) is 3.03. The largest absolute Gasteiger partial charge is 0.323 e. The van der Waals surface area contributed by atoms with Crippen molar-refractivity contribution in [3.8, 4) is 0 Å². The normalized spacial score (nSPS) is 22.4. The van der Waals surface area contributed by atoms with Crippen molar-refractivity contribution >= 4 is 0 Å². The van der Waals surface area contributed by atoms with Gasteiger partial charge in [0, 0.05) is 19.1 Å². The fourth-order valence-corrected chi connectivity index (χ4v) is 3.03. The van der Waals surface area contributed by atoms with Gasteiger partial charge in [-0.3, -0.25) is 0 Å². The average Bonchev–Trinajstić information content (AvgIpc) is 2.42. The highest BCUT2D eigenvalue weighted by Crippen LogP contribution is 2.22. The Bertz CT molecular complexity index is 414. The van der Waals surface area contributed by atoms with Gasteiger partial charge >= 0.3 is 0 Å². The van der Waals surface area contributed by atoms with Crippen molar-refractivity contribution in [2.24, 2.45) is 11.7 Å². The molecule has 2 rings (SSSR count). The van der Waals surface area contributed by atoms with Gasteiger partial charge in [-0.15, -0.1) is 0 Å². The van der Waals surface area contributed by atoms with Crippen LogP contribution >= 0.6 is 0 Å². The Kier molecular flexibility index (Phi) is 5.00. The van der Waals surface area contributed by atoms with Gasteiger partial charge in [-0.1, -0.05) is 31.5 Å². The Hall–Kier alpha value is -0.860. The van der Waals surface area contributed by atoms with Crippen molar-refractivity contribution in [3.63, 3.8) is 0 Å². The number of likely N-dealkylation sites (tertiary alicyclic amines) is 1. The SMILES string of the molecule is CCC1CCCN(CC(N)c2ccc(C)c(C)c2)C1. The summed E-state index contributed by atoms with van der Waals surface area (Å²) in [4.78, 5) is 2.55. The minimum Gasteiger partial charge on any atom is -0.323 e. The summed E-state index contributed by atoms with van der Waals surface area (Å²) < 4.78 is 0. The first kappa shape index (κ1) is 14.5. The summed E-state index contributed by atoms with van der Waals surface area (Å²) in [6.45, 7) is 10.1. The molecule has 0 amide bonds. The number of hydrogen-bond acceptors (Lipinski definition) is 2. The second-order valence-electron chi connectivity index (χ2n) is 6.13. The summed E-state index contributed by atoms with van der Waals surface area (Å²) >= 11 is 0. The van der Waals surface area contributed by atoms with Gasteiger partial charge in [0.05, 0.1) is 0 Å². The van der Waals surface area contributed by atoms with Gasteiger partial charge in [-0.2, -0.15) is 0 Å². The maximum atomic E-state index is 6.39. The molecule has 1 heterocycles. The molecule has 19 heavy (non-hydrogen) atoms. The molecule has 2 atom stereocenters. The Morgan fingerprint density at radius 1 is 1.32 bits per heavy atom. The van der Waals surface area contributed by atoms with E-state index in [-0.39, 0.29) is 6.04 Å². The summed E-state index contributed by atoms with van der Waals surface area (Å²) in [5.74, 6) is 0.876. The van der Waals surface area contributed by atoms with Crippen LogP contribution in [0.4, 0.5) is 0 Å². The molecule has 1 aliphatic heterocycles. The lowest BCUT2D eigenvalue weighted by atomic mass is 9.94. The molecule has 0 aliphatic carbocycles. The van der Waals surface area contributed by atoms with Crippen molar-refractivity contribution in [3.05, 3.63) is 34.9 Å². The first-order valence-electron chi connectivity index (χ1n) is 7.65. The lowest BCUT2D eigenvalue weighted by Crippen LogP contribution is -2.39. The third-order valence-corrected chi connectivity index (χ3v) is 4.59. The van der Waals surface area contributed by atoms with Crippen molar-refractivity contribution in [2.75, 3.05) is 19.6 Å². The van der Waals surface area contributed by atoms with Gasteiger partial charge in [0.25, 0.3) is 0 Å². The number of nitrogens with zero attached hydrogens (tertiary/aromatic N) is 1. The van der Waals surface area contributed by atoms with Crippen LogP contribution < -0.4 is 5.73 Å². The predicted molar refractivity (Wildman–Crippen MR) is 82.3 cm³/mol. The average molecular weight is 260 g/mol. The molecule has 1 aliphatic rings. The Morgan fingerprint density at radius 2 is 2.11 bits per heavy atom. The summed E-state index contributed by atoms with van der Waals surface area (Å²) in [5, 5.41) is 0. The van der Waals surface area contributed by atoms with E-state index in [2.05, 4.69) is 43.9 Å². The lowest BCUT2D eigenvalue weighted by Gasteiger charge is -2.34. The number of aryl methyl sites for hydroxylation is 2. The van der Waals surface area contributed by atoms with E-state index in [0.29, 0.717) is 0 Å². The highest BCUT2D eigenvalue weighted by Gasteiger charge is 2.20. The van der Waals surface area contributed by atoms with E-state index in [0.717, 1.165) is 12.5 Å². The Labute approximate surface area is 118 Å². The van der Waals surface area contributed by atoms with Gasteiger partial charge in [-0.25, -0.2) is 0 Å². The number of nitrogens with two attached hydrogens (primary N) is 1. The molecule has 1 fully saturated rings. The topological polar surface area (TPSA) is 29.3 Å².